The average molecular weight is 361 g/mol. The number of para-hydroxylation sites is 1. The Balaban J connectivity index is 2.00. The zero-order chi connectivity index (χ0) is 13.1. The van der Waals surface area contributed by atoms with Crippen LogP contribution in [0.2, 0.25) is 0 Å². The molecule has 0 aromatic heterocycles. The highest BCUT2D eigenvalue weighted by atomic mass is 127. The third-order valence-corrected chi connectivity index (χ3v) is 3.24. The molecule has 0 heterocycles. The van der Waals surface area contributed by atoms with Crippen LogP contribution in [0.5, 0.6) is 5.75 Å². The fourth-order valence-electron chi connectivity index (χ4n) is 1.49. The molecule has 0 saturated heterocycles. The summed E-state index contributed by atoms with van der Waals surface area (Å²) >= 11 is 2.37. The molecule has 0 aliphatic heterocycles. The SMILES string of the molecule is O=C(CCOc1ccccc1)NCCCCCI. The van der Waals surface area contributed by atoms with Gasteiger partial charge in [-0.3, -0.25) is 4.79 Å². The zero-order valence-electron chi connectivity index (χ0n) is 10.5. The van der Waals surface area contributed by atoms with Crippen LogP contribution in [0.4, 0.5) is 0 Å². The maximum Gasteiger partial charge on any atom is 0.223 e. The number of alkyl halides is 1. The van der Waals surface area contributed by atoms with Crippen LogP contribution in [0.3, 0.4) is 0 Å². The third-order valence-electron chi connectivity index (χ3n) is 2.47. The fourth-order valence-corrected chi connectivity index (χ4v) is 2.03. The van der Waals surface area contributed by atoms with Crippen molar-refractivity contribution in [2.45, 2.75) is 25.7 Å². The summed E-state index contributed by atoms with van der Waals surface area (Å²) in [6.45, 7) is 1.21. The van der Waals surface area contributed by atoms with E-state index in [4.69, 9.17) is 4.74 Å². The first-order valence-corrected chi connectivity index (χ1v) is 7.86. The number of hydrogen-bond donors (Lipinski definition) is 1. The molecular formula is C14H20INO2. The monoisotopic (exact) mass is 361 g/mol. The summed E-state index contributed by atoms with van der Waals surface area (Å²) in [5.41, 5.74) is 0. The molecule has 18 heavy (non-hydrogen) atoms. The fraction of sp³-hybridized carbons (Fsp3) is 0.500. The van der Waals surface area contributed by atoms with Gasteiger partial charge in [-0.2, -0.15) is 0 Å². The predicted molar refractivity (Wildman–Crippen MR) is 82.3 cm³/mol. The van der Waals surface area contributed by atoms with Crippen molar-refractivity contribution in [1.29, 1.82) is 0 Å². The first-order valence-electron chi connectivity index (χ1n) is 6.33. The van der Waals surface area contributed by atoms with Gasteiger partial charge in [0.15, 0.2) is 0 Å². The van der Waals surface area contributed by atoms with Crippen LogP contribution in [0.25, 0.3) is 0 Å². The van der Waals surface area contributed by atoms with Crippen molar-refractivity contribution in [2.24, 2.45) is 0 Å². The van der Waals surface area contributed by atoms with Gasteiger partial charge in [0.1, 0.15) is 5.75 Å². The van der Waals surface area contributed by atoms with Crippen molar-refractivity contribution < 1.29 is 9.53 Å². The van der Waals surface area contributed by atoms with Gasteiger partial charge < -0.3 is 10.1 Å². The molecule has 1 aromatic rings. The highest BCUT2D eigenvalue weighted by Crippen LogP contribution is 2.08. The average Bonchev–Trinajstić information content (AvgIpc) is 2.40. The number of nitrogens with one attached hydrogen (secondary N) is 1. The number of halogens is 1. The molecule has 0 fully saturated rings. The van der Waals surface area contributed by atoms with Crippen molar-refractivity contribution in [3.8, 4) is 5.75 Å². The lowest BCUT2D eigenvalue weighted by Gasteiger charge is -2.07. The lowest BCUT2D eigenvalue weighted by atomic mass is 10.2. The van der Waals surface area contributed by atoms with Crippen LogP contribution >= 0.6 is 22.6 Å². The van der Waals surface area contributed by atoms with Crippen molar-refractivity contribution in [3.63, 3.8) is 0 Å². The van der Waals surface area contributed by atoms with E-state index in [1.54, 1.807) is 0 Å². The summed E-state index contributed by atoms with van der Waals surface area (Å²) in [6.07, 6.45) is 3.90. The quantitative estimate of drug-likeness (QED) is 0.417. The molecule has 4 heteroatoms. The van der Waals surface area contributed by atoms with Crippen molar-refractivity contribution in [2.75, 3.05) is 17.6 Å². The molecule has 0 aliphatic rings. The lowest BCUT2D eigenvalue weighted by Crippen LogP contribution is -2.25. The minimum atomic E-state index is 0.0698. The highest BCUT2D eigenvalue weighted by molar-refractivity contribution is 14.1. The number of unbranched alkanes of at least 4 members (excludes halogenated alkanes) is 2. The standard InChI is InChI=1S/C14H20INO2/c15-10-5-2-6-11-16-14(17)9-12-18-13-7-3-1-4-8-13/h1,3-4,7-8H,2,5-6,9-12H2,(H,16,17). The Labute approximate surface area is 122 Å². The molecule has 3 nitrogen and oxygen atoms in total. The zero-order valence-corrected chi connectivity index (χ0v) is 12.7. The van der Waals surface area contributed by atoms with Gasteiger partial charge in [0.25, 0.3) is 0 Å². The number of carbonyl (C=O) groups is 1. The van der Waals surface area contributed by atoms with Gasteiger partial charge in [0.2, 0.25) is 5.91 Å². The van der Waals surface area contributed by atoms with Gasteiger partial charge in [-0.25, -0.2) is 0 Å². The Morgan fingerprint density at radius 3 is 2.67 bits per heavy atom. The van der Waals surface area contributed by atoms with E-state index >= 15 is 0 Å². The number of amides is 1. The van der Waals surface area contributed by atoms with Crippen LogP contribution in [0.15, 0.2) is 30.3 Å². The molecular weight excluding hydrogens is 341 g/mol. The van der Waals surface area contributed by atoms with Crippen molar-refractivity contribution >= 4 is 28.5 Å². The van der Waals surface area contributed by atoms with E-state index in [0.29, 0.717) is 13.0 Å². The maximum atomic E-state index is 11.5. The molecule has 100 valence electrons. The minimum Gasteiger partial charge on any atom is -0.493 e. The number of ether oxygens (including phenoxy) is 1. The molecule has 0 saturated carbocycles. The number of benzene rings is 1. The number of carbonyl (C=O) groups excluding carboxylic acids is 1. The molecule has 1 amide bonds. The van der Waals surface area contributed by atoms with Gasteiger partial charge in [0, 0.05) is 6.54 Å². The second-order valence-corrected chi connectivity index (χ2v) is 5.09. The summed E-state index contributed by atoms with van der Waals surface area (Å²) in [6, 6.07) is 9.56. The molecule has 0 aliphatic carbocycles. The van der Waals surface area contributed by atoms with E-state index in [9.17, 15) is 4.79 Å². The second kappa shape index (κ2) is 10.2. The van der Waals surface area contributed by atoms with Gasteiger partial charge in [0.05, 0.1) is 13.0 Å². The van der Waals surface area contributed by atoms with Crippen molar-refractivity contribution in [1.82, 2.24) is 5.32 Å². The first kappa shape index (κ1) is 15.3. The summed E-state index contributed by atoms with van der Waals surface area (Å²) in [7, 11) is 0. The maximum absolute atomic E-state index is 11.5. The van der Waals surface area contributed by atoms with Crippen molar-refractivity contribution in [3.05, 3.63) is 30.3 Å². The largest absolute Gasteiger partial charge is 0.493 e. The van der Waals surface area contributed by atoms with E-state index in [-0.39, 0.29) is 5.91 Å². The topological polar surface area (TPSA) is 38.3 Å². The van der Waals surface area contributed by atoms with Gasteiger partial charge in [-0.15, -0.1) is 0 Å². The van der Waals surface area contributed by atoms with E-state index in [2.05, 4.69) is 27.9 Å². The van der Waals surface area contributed by atoms with Crippen LogP contribution in [0.1, 0.15) is 25.7 Å². The van der Waals surface area contributed by atoms with Gasteiger partial charge in [-0.05, 0) is 29.4 Å². The molecule has 0 spiro atoms. The van der Waals surface area contributed by atoms with Crippen LogP contribution in [-0.2, 0) is 4.79 Å². The van der Waals surface area contributed by atoms with Crippen LogP contribution < -0.4 is 10.1 Å². The van der Waals surface area contributed by atoms with E-state index in [1.165, 1.54) is 17.3 Å². The normalized spacial score (nSPS) is 10.1. The minimum absolute atomic E-state index is 0.0698. The van der Waals surface area contributed by atoms with Gasteiger partial charge in [-0.1, -0.05) is 47.2 Å². The van der Waals surface area contributed by atoms with E-state index in [0.717, 1.165) is 18.7 Å². The summed E-state index contributed by atoms with van der Waals surface area (Å²) in [4.78, 5) is 11.5. The summed E-state index contributed by atoms with van der Waals surface area (Å²) < 4.78 is 6.65. The number of hydrogen-bond acceptors (Lipinski definition) is 2. The Hall–Kier alpha value is -0.780. The molecule has 1 rings (SSSR count). The molecule has 1 N–H and O–H groups in total. The third kappa shape index (κ3) is 7.53. The Morgan fingerprint density at radius 1 is 1.17 bits per heavy atom. The number of rotatable bonds is 9. The molecule has 0 unspecified atom stereocenters. The first-order chi connectivity index (χ1) is 8.83. The van der Waals surface area contributed by atoms with Gasteiger partial charge >= 0.3 is 0 Å². The second-order valence-electron chi connectivity index (χ2n) is 4.01. The van der Waals surface area contributed by atoms with Crippen LogP contribution in [0, 0.1) is 0 Å². The molecule has 0 atom stereocenters. The Kier molecular flexibility index (Phi) is 8.63. The Morgan fingerprint density at radius 2 is 1.94 bits per heavy atom. The molecule has 0 bridgehead atoms. The van der Waals surface area contributed by atoms with Crippen LogP contribution in [-0.4, -0.2) is 23.5 Å². The smallest absolute Gasteiger partial charge is 0.223 e. The summed E-state index contributed by atoms with van der Waals surface area (Å²) in [5, 5.41) is 2.91. The lowest BCUT2D eigenvalue weighted by molar-refractivity contribution is -0.121. The Bertz CT molecular complexity index is 330. The highest BCUT2D eigenvalue weighted by Gasteiger charge is 2.00. The molecule has 1 aromatic carbocycles. The van der Waals surface area contributed by atoms with E-state index < -0.39 is 0 Å². The predicted octanol–water partition coefficient (Wildman–Crippen LogP) is 3.18. The molecule has 0 radical (unpaired) electrons. The van der Waals surface area contributed by atoms with E-state index in [1.807, 2.05) is 30.3 Å². The summed E-state index contributed by atoms with van der Waals surface area (Å²) in [5.74, 6) is 0.882.